The molecule has 1 aromatic heterocycles. The van der Waals surface area contributed by atoms with Crippen molar-refractivity contribution in [3.05, 3.63) is 89.3 Å². The van der Waals surface area contributed by atoms with Gasteiger partial charge in [-0.25, -0.2) is 13.8 Å². The number of nitrogens with zero attached hydrogens (tertiary/aromatic N) is 4. The van der Waals surface area contributed by atoms with Gasteiger partial charge in [0.05, 0.1) is 0 Å². The van der Waals surface area contributed by atoms with Crippen molar-refractivity contribution in [2.75, 3.05) is 19.6 Å². The van der Waals surface area contributed by atoms with Crippen LogP contribution in [-0.4, -0.2) is 52.2 Å². The topological polar surface area (TPSA) is 48.8 Å². The van der Waals surface area contributed by atoms with E-state index in [1.165, 1.54) is 23.8 Å². The van der Waals surface area contributed by atoms with Gasteiger partial charge in [0.25, 0.3) is 5.91 Å². The maximum atomic E-state index is 14.3. The van der Waals surface area contributed by atoms with E-state index >= 15 is 0 Å². The fraction of sp³-hybridized carbons (Fsp3) is 0.485. The molecule has 3 atom stereocenters. The zero-order chi connectivity index (χ0) is 28.3. The number of allylic oxidation sites excluding steroid dienone is 3. The summed E-state index contributed by atoms with van der Waals surface area (Å²) in [7, 11) is 0. The van der Waals surface area contributed by atoms with Gasteiger partial charge in [-0.05, 0) is 98.5 Å². The van der Waals surface area contributed by atoms with Crippen LogP contribution in [0.5, 0.6) is 0 Å². The number of amides is 1. The highest BCUT2D eigenvalue weighted by Gasteiger charge is 2.52. The number of hydrogen-bond donors (Lipinski definition) is 0. The van der Waals surface area contributed by atoms with E-state index < -0.39 is 5.54 Å². The Morgan fingerprint density at radius 3 is 2.48 bits per heavy atom. The second-order valence-corrected chi connectivity index (χ2v) is 11.5. The van der Waals surface area contributed by atoms with Crippen molar-refractivity contribution in [1.29, 1.82) is 0 Å². The van der Waals surface area contributed by atoms with Crippen LogP contribution in [-0.2, 0) is 10.3 Å². The highest BCUT2D eigenvalue weighted by Crippen LogP contribution is 2.46. The summed E-state index contributed by atoms with van der Waals surface area (Å²) in [6, 6.07) is 10.6. The number of hydrogen-bond acceptors (Lipinski definition) is 4. The van der Waals surface area contributed by atoms with Crippen LogP contribution in [0.25, 0.3) is 0 Å². The number of carbonyl (C=O) groups is 1. The molecule has 40 heavy (non-hydrogen) atoms. The predicted octanol–water partition coefficient (Wildman–Crippen LogP) is 6.93. The molecule has 2 aromatic rings. The third kappa shape index (κ3) is 5.53. The van der Waals surface area contributed by atoms with Gasteiger partial charge < -0.3 is 4.90 Å². The number of pyridine rings is 1. The molecule has 3 heterocycles. The molecule has 5 rings (SSSR count). The summed E-state index contributed by atoms with van der Waals surface area (Å²) in [6.45, 7) is 8.65. The van der Waals surface area contributed by atoms with Crippen molar-refractivity contribution < 1.29 is 13.6 Å². The molecule has 7 heteroatoms. The molecular weight excluding hydrogens is 506 g/mol. The SMILES string of the molecule is CCCC(CCN1C(=O)C(C2=CC=C(F)CC2C)(c2ccc(F)cc2)N=C1C)N1CCC(c2cccnc2)CC1. The first-order valence-corrected chi connectivity index (χ1v) is 14.7. The maximum Gasteiger partial charge on any atom is 0.264 e. The summed E-state index contributed by atoms with van der Waals surface area (Å²) in [4.78, 5) is 28.0. The molecule has 5 nitrogen and oxygen atoms in total. The van der Waals surface area contributed by atoms with Gasteiger partial charge in [-0.3, -0.25) is 14.7 Å². The van der Waals surface area contributed by atoms with E-state index in [-0.39, 0.29) is 29.9 Å². The van der Waals surface area contributed by atoms with Crippen LogP contribution in [0.2, 0.25) is 0 Å². The quantitative estimate of drug-likeness (QED) is 0.343. The van der Waals surface area contributed by atoms with Gasteiger partial charge in [-0.15, -0.1) is 0 Å². The average molecular weight is 547 g/mol. The van der Waals surface area contributed by atoms with Gasteiger partial charge in [0.15, 0.2) is 5.54 Å². The third-order valence-electron chi connectivity index (χ3n) is 8.94. The van der Waals surface area contributed by atoms with Crippen molar-refractivity contribution in [3.63, 3.8) is 0 Å². The Balaban J connectivity index is 1.34. The van der Waals surface area contributed by atoms with Gasteiger partial charge in [0.1, 0.15) is 17.5 Å². The van der Waals surface area contributed by atoms with Crippen LogP contribution in [0.3, 0.4) is 0 Å². The molecule has 2 aliphatic heterocycles. The molecule has 1 aliphatic carbocycles. The van der Waals surface area contributed by atoms with Gasteiger partial charge in [0, 0.05) is 31.4 Å². The van der Waals surface area contributed by atoms with Crippen LogP contribution in [0.15, 0.2) is 77.3 Å². The van der Waals surface area contributed by atoms with Crippen LogP contribution >= 0.6 is 0 Å². The number of likely N-dealkylation sites (tertiary alicyclic amines) is 1. The van der Waals surface area contributed by atoms with Crippen molar-refractivity contribution >= 4 is 11.7 Å². The molecule has 1 fully saturated rings. The average Bonchev–Trinajstić information content (AvgIpc) is 3.21. The Kier molecular flexibility index (Phi) is 8.60. The largest absolute Gasteiger partial charge is 0.300 e. The highest BCUT2D eigenvalue weighted by atomic mass is 19.1. The normalized spacial score (nSPS) is 25.0. The van der Waals surface area contributed by atoms with Crippen molar-refractivity contribution in [2.45, 2.75) is 76.8 Å². The van der Waals surface area contributed by atoms with Crippen LogP contribution in [0.1, 0.15) is 76.3 Å². The molecule has 1 saturated heterocycles. The number of aliphatic imine (C=N–C) groups is 1. The molecule has 0 radical (unpaired) electrons. The fourth-order valence-electron chi connectivity index (χ4n) is 6.82. The first-order valence-electron chi connectivity index (χ1n) is 14.7. The van der Waals surface area contributed by atoms with Gasteiger partial charge in [-0.1, -0.05) is 44.5 Å². The van der Waals surface area contributed by atoms with E-state index in [0.29, 0.717) is 29.9 Å². The lowest BCUT2D eigenvalue weighted by Crippen LogP contribution is -2.46. The smallest absolute Gasteiger partial charge is 0.264 e. The summed E-state index contributed by atoms with van der Waals surface area (Å²) >= 11 is 0. The zero-order valence-electron chi connectivity index (χ0n) is 23.8. The maximum absolute atomic E-state index is 14.3. The number of carbonyl (C=O) groups excluding carboxylic acids is 1. The lowest BCUT2D eigenvalue weighted by Gasteiger charge is -2.38. The van der Waals surface area contributed by atoms with Gasteiger partial charge in [-0.2, -0.15) is 0 Å². The Labute approximate surface area is 236 Å². The second kappa shape index (κ2) is 12.1. The first kappa shape index (κ1) is 28.3. The van der Waals surface area contributed by atoms with E-state index in [1.807, 2.05) is 32.3 Å². The summed E-state index contributed by atoms with van der Waals surface area (Å²) in [5.41, 5.74) is 1.41. The Hall–Kier alpha value is -3.19. The second-order valence-electron chi connectivity index (χ2n) is 11.5. The molecule has 3 aliphatic rings. The molecule has 0 saturated carbocycles. The van der Waals surface area contributed by atoms with Gasteiger partial charge in [0.2, 0.25) is 0 Å². The molecule has 0 bridgehead atoms. The predicted molar refractivity (Wildman–Crippen MR) is 155 cm³/mol. The number of aromatic nitrogens is 1. The van der Waals surface area contributed by atoms with E-state index in [4.69, 9.17) is 4.99 Å². The summed E-state index contributed by atoms with van der Waals surface area (Å²) in [5, 5.41) is 0. The standard InChI is InChI=1S/C33H40F2N4O/c1-4-6-30(38-18-14-25(15-19-38)26-7-5-17-36-22-26)16-20-39-24(3)37-33(32(39)40,27-8-10-28(34)11-9-27)31-13-12-29(35)21-23(31)2/h5,7-13,17,22-23,25,30H,4,6,14-16,18-21H2,1-3H3. The molecule has 212 valence electrons. The molecule has 3 unspecified atom stereocenters. The number of rotatable bonds is 9. The fourth-order valence-corrected chi connectivity index (χ4v) is 6.82. The van der Waals surface area contributed by atoms with Crippen molar-refractivity contribution in [1.82, 2.24) is 14.8 Å². The van der Waals surface area contributed by atoms with E-state index in [9.17, 15) is 13.6 Å². The minimum atomic E-state index is -1.29. The summed E-state index contributed by atoms with van der Waals surface area (Å²) < 4.78 is 28.0. The lowest BCUT2D eigenvalue weighted by molar-refractivity contribution is -0.130. The van der Waals surface area contributed by atoms with E-state index in [0.717, 1.165) is 50.8 Å². The zero-order valence-corrected chi connectivity index (χ0v) is 23.8. The number of halogens is 2. The number of benzene rings is 1. The van der Waals surface area contributed by atoms with Crippen LogP contribution < -0.4 is 0 Å². The van der Waals surface area contributed by atoms with Crippen LogP contribution in [0, 0.1) is 11.7 Å². The minimum absolute atomic E-state index is 0.129. The van der Waals surface area contributed by atoms with E-state index in [2.05, 4.69) is 22.9 Å². The third-order valence-corrected chi connectivity index (χ3v) is 8.94. The summed E-state index contributed by atoms with van der Waals surface area (Å²) in [6.07, 6.45) is 12.4. The molecule has 0 spiro atoms. The van der Waals surface area contributed by atoms with Crippen LogP contribution in [0.4, 0.5) is 8.78 Å². The highest BCUT2D eigenvalue weighted by molar-refractivity contribution is 6.09. The minimum Gasteiger partial charge on any atom is -0.300 e. The van der Waals surface area contributed by atoms with E-state index in [1.54, 1.807) is 23.1 Å². The molecule has 1 amide bonds. The van der Waals surface area contributed by atoms with Gasteiger partial charge >= 0.3 is 0 Å². The molecule has 1 aromatic carbocycles. The lowest BCUT2D eigenvalue weighted by atomic mass is 9.74. The first-order chi connectivity index (χ1) is 19.3. The monoisotopic (exact) mass is 546 g/mol. The Morgan fingerprint density at radius 2 is 1.82 bits per heavy atom. The van der Waals surface area contributed by atoms with Crippen molar-refractivity contribution in [3.8, 4) is 0 Å². The number of amidine groups is 1. The Morgan fingerprint density at radius 1 is 1.07 bits per heavy atom. The van der Waals surface area contributed by atoms with Crippen molar-refractivity contribution in [2.24, 2.45) is 10.9 Å². The Bertz CT molecular complexity index is 1280. The summed E-state index contributed by atoms with van der Waals surface area (Å²) in [5.74, 6) is 0.294. The molecular formula is C33H40F2N4O. The molecule has 0 N–H and O–H groups in total. The number of piperidine rings is 1.